The summed E-state index contributed by atoms with van der Waals surface area (Å²) in [6.45, 7) is 3.33. The molecule has 2 aromatic carbocycles. The number of fused-ring (bicyclic) bond motifs is 3. The van der Waals surface area contributed by atoms with Crippen LogP contribution in [0.4, 0.5) is 0 Å². The molecule has 0 amide bonds. The maximum absolute atomic E-state index is 11.2. The number of aldehydes is 1. The molecule has 0 aliphatic rings. The molecule has 0 aliphatic carbocycles. The van der Waals surface area contributed by atoms with Gasteiger partial charge in [0.15, 0.2) is 0 Å². The van der Waals surface area contributed by atoms with Crippen molar-refractivity contribution in [2.45, 2.75) is 77.7 Å². The van der Waals surface area contributed by atoms with Crippen molar-refractivity contribution in [2.75, 3.05) is 0 Å². The third-order valence-electron chi connectivity index (χ3n) is 5.67. The molecule has 2 heteroatoms. The molecule has 144 valence electrons. The van der Waals surface area contributed by atoms with Gasteiger partial charge in [-0.1, -0.05) is 82.9 Å². The van der Waals surface area contributed by atoms with Crippen molar-refractivity contribution in [3.8, 4) is 0 Å². The van der Waals surface area contributed by atoms with Crippen molar-refractivity contribution in [1.82, 2.24) is 4.57 Å². The van der Waals surface area contributed by atoms with E-state index in [4.69, 9.17) is 0 Å². The number of aromatic nitrogens is 1. The number of para-hydroxylation sites is 1. The zero-order valence-corrected chi connectivity index (χ0v) is 16.8. The van der Waals surface area contributed by atoms with Crippen LogP contribution in [0.3, 0.4) is 0 Å². The molecule has 0 spiro atoms. The van der Waals surface area contributed by atoms with Crippen LogP contribution < -0.4 is 0 Å². The lowest BCUT2D eigenvalue weighted by Crippen LogP contribution is -1.97. The Morgan fingerprint density at radius 1 is 0.741 bits per heavy atom. The smallest absolute Gasteiger partial charge is 0.150 e. The second-order valence-electron chi connectivity index (χ2n) is 7.75. The van der Waals surface area contributed by atoms with Gasteiger partial charge in [-0.3, -0.25) is 4.79 Å². The molecule has 0 saturated carbocycles. The molecule has 2 nitrogen and oxygen atoms in total. The number of benzene rings is 2. The molecule has 0 fully saturated rings. The Balaban J connectivity index is 1.55. The van der Waals surface area contributed by atoms with Crippen LogP contribution in [-0.2, 0) is 6.54 Å². The molecule has 0 saturated heterocycles. The van der Waals surface area contributed by atoms with Gasteiger partial charge in [0.1, 0.15) is 6.29 Å². The topological polar surface area (TPSA) is 22.0 Å². The van der Waals surface area contributed by atoms with Crippen LogP contribution in [0.25, 0.3) is 21.8 Å². The molecule has 0 unspecified atom stereocenters. The molecular weight excluding hydrogens is 330 g/mol. The molecule has 27 heavy (non-hydrogen) atoms. The number of unbranched alkanes of at least 4 members (excludes halogenated alkanes) is 9. The van der Waals surface area contributed by atoms with E-state index >= 15 is 0 Å². The fraction of sp³-hybridized carbons (Fsp3) is 0.480. The quantitative estimate of drug-likeness (QED) is 0.241. The Kier molecular flexibility index (Phi) is 7.50. The lowest BCUT2D eigenvalue weighted by atomic mass is 10.1. The molecule has 0 radical (unpaired) electrons. The van der Waals surface area contributed by atoms with Gasteiger partial charge in [-0.15, -0.1) is 0 Å². The van der Waals surface area contributed by atoms with Gasteiger partial charge in [0.25, 0.3) is 0 Å². The van der Waals surface area contributed by atoms with Crippen molar-refractivity contribution < 1.29 is 4.79 Å². The lowest BCUT2D eigenvalue weighted by molar-refractivity contribution is 0.112. The first-order valence-electron chi connectivity index (χ1n) is 10.8. The molecule has 0 N–H and O–H groups in total. The van der Waals surface area contributed by atoms with Gasteiger partial charge in [0, 0.05) is 33.9 Å². The molecule has 1 heterocycles. The number of hydrogen-bond donors (Lipinski definition) is 0. The fourth-order valence-electron chi connectivity index (χ4n) is 4.14. The van der Waals surface area contributed by atoms with E-state index in [0.717, 1.165) is 18.4 Å². The molecular formula is C25H33NO. The third kappa shape index (κ3) is 5.00. The van der Waals surface area contributed by atoms with Gasteiger partial charge in [-0.2, -0.15) is 0 Å². The highest BCUT2D eigenvalue weighted by atomic mass is 16.1. The van der Waals surface area contributed by atoms with E-state index in [9.17, 15) is 4.79 Å². The van der Waals surface area contributed by atoms with Crippen LogP contribution in [0.1, 0.15) is 81.5 Å². The van der Waals surface area contributed by atoms with E-state index in [1.807, 2.05) is 12.1 Å². The van der Waals surface area contributed by atoms with Crippen LogP contribution >= 0.6 is 0 Å². The summed E-state index contributed by atoms with van der Waals surface area (Å²) in [5, 5.41) is 2.45. The van der Waals surface area contributed by atoms with Gasteiger partial charge in [0.2, 0.25) is 0 Å². The Morgan fingerprint density at radius 2 is 1.37 bits per heavy atom. The van der Waals surface area contributed by atoms with Crippen molar-refractivity contribution in [2.24, 2.45) is 0 Å². The molecule has 3 rings (SSSR count). The maximum atomic E-state index is 11.2. The minimum absolute atomic E-state index is 0.754. The van der Waals surface area contributed by atoms with E-state index in [0.29, 0.717) is 0 Å². The van der Waals surface area contributed by atoms with E-state index < -0.39 is 0 Å². The molecule has 0 atom stereocenters. The summed E-state index contributed by atoms with van der Waals surface area (Å²) in [6.07, 6.45) is 14.5. The molecule has 0 bridgehead atoms. The number of carbonyl (C=O) groups is 1. The highest BCUT2D eigenvalue weighted by molar-refractivity contribution is 6.09. The Labute approximate surface area is 163 Å². The highest BCUT2D eigenvalue weighted by Gasteiger charge is 2.10. The number of carbonyl (C=O) groups excluding carboxylic acids is 1. The minimum atomic E-state index is 0.754. The molecule has 1 aromatic heterocycles. The van der Waals surface area contributed by atoms with E-state index in [1.165, 1.54) is 86.0 Å². The predicted molar refractivity (Wildman–Crippen MR) is 117 cm³/mol. The first kappa shape index (κ1) is 19.7. The summed E-state index contributed by atoms with van der Waals surface area (Å²) < 4.78 is 2.43. The molecule has 3 aromatic rings. The molecule has 0 aliphatic heterocycles. The number of hydrogen-bond acceptors (Lipinski definition) is 1. The van der Waals surface area contributed by atoms with Gasteiger partial charge >= 0.3 is 0 Å². The van der Waals surface area contributed by atoms with Crippen molar-refractivity contribution in [1.29, 1.82) is 0 Å². The standard InChI is InChI=1S/C25H33NO/c1-2-3-4-5-6-7-8-9-10-13-18-26-24-15-12-11-14-22(24)23-19-21(20-27)16-17-25(23)26/h11-12,14-17,19-20H,2-10,13,18H2,1H3. The zero-order valence-electron chi connectivity index (χ0n) is 16.8. The summed E-state index contributed by atoms with van der Waals surface area (Å²) in [5.41, 5.74) is 3.29. The third-order valence-corrected chi connectivity index (χ3v) is 5.67. The van der Waals surface area contributed by atoms with E-state index in [2.05, 4.69) is 41.8 Å². The summed E-state index contributed by atoms with van der Waals surface area (Å²) >= 11 is 0. The van der Waals surface area contributed by atoms with Crippen LogP contribution in [0, 0.1) is 0 Å². The lowest BCUT2D eigenvalue weighted by Gasteiger charge is -2.08. The first-order valence-corrected chi connectivity index (χ1v) is 10.8. The normalized spacial score (nSPS) is 11.4. The summed E-state index contributed by atoms with van der Waals surface area (Å²) in [6, 6.07) is 14.6. The number of aryl methyl sites for hydroxylation is 1. The monoisotopic (exact) mass is 363 g/mol. The largest absolute Gasteiger partial charge is 0.340 e. The van der Waals surface area contributed by atoms with Gasteiger partial charge in [0.05, 0.1) is 0 Å². The second-order valence-corrected chi connectivity index (χ2v) is 7.75. The van der Waals surface area contributed by atoms with Gasteiger partial charge in [-0.25, -0.2) is 0 Å². The summed E-state index contributed by atoms with van der Waals surface area (Å²) in [5.74, 6) is 0. The fourth-order valence-corrected chi connectivity index (χ4v) is 4.14. The van der Waals surface area contributed by atoms with Gasteiger partial charge < -0.3 is 4.57 Å². The van der Waals surface area contributed by atoms with Crippen LogP contribution in [0.15, 0.2) is 42.5 Å². The zero-order chi connectivity index (χ0) is 18.9. The van der Waals surface area contributed by atoms with E-state index in [1.54, 1.807) is 0 Å². The van der Waals surface area contributed by atoms with Crippen LogP contribution in [0.2, 0.25) is 0 Å². The highest BCUT2D eigenvalue weighted by Crippen LogP contribution is 2.30. The maximum Gasteiger partial charge on any atom is 0.150 e. The second kappa shape index (κ2) is 10.3. The number of rotatable bonds is 12. The predicted octanol–water partition coefficient (Wildman–Crippen LogP) is 7.53. The minimum Gasteiger partial charge on any atom is -0.340 e. The number of nitrogens with zero attached hydrogens (tertiary/aromatic N) is 1. The Hall–Kier alpha value is -2.09. The van der Waals surface area contributed by atoms with Crippen LogP contribution in [-0.4, -0.2) is 10.9 Å². The summed E-state index contributed by atoms with van der Waals surface area (Å²) in [7, 11) is 0. The van der Waals surface area contributed by atoms with Crippen molar-refractivity contribution in [3.63, 3.8) is 0 Å². The summed E-state index contributed by atoms with van der Waals surface area (Å²) in [4.78, 5) is 11.2. The van der Waals surface area contributed by atoms with E-state index in [-0.39, 0.29) is 0 Å². The van der Waals surface area contributed by atoms with Crippen molar-refractivity contribution >= 4 is 28.1 Å². The van der Waals surface area contributed by atoms with Crippen molar-refractivity contribution in [3.05, 3.63) is 48.0 Å². The average Bonchev–Trinajstić information content (AvgIpc) is 3.02. The van der Waals surface area contributed by atoms with Crippen LogP contribution in [0.5, 0.6) is 0 Å². The average molecular weight is 364 g/mol. The SMILES string of the molecule is CCCCCCCCCCCCn1c2ccccc2c2cc(C=O)ccc21. The first-order chi connectivity index (χ1) is 13.3. The Morgan fingerprint density at radius 3 is 2.07 bits per heavy atom. The van der Waals surface area contributed by atoms with Gasteiger partial charge in [-0.05, 0) is 30.7 Å². The Bertz CT molecular complexity index is 861.